The lowest BCUT2D eigenvalue weighted by Crippen LogP contribution is -2.44. The van der Waals surface area contributed by atoms with Crippen LogP contribution < -0.4 is 14.8 Å². The molecule has 0 bridgehead atoms. The average molecular weight is 391 g/mol. The molecule has 0 aromatic heterocycles. The number of nitrogens with zero attached hydrogens (tertiary/aromatic N) is 1. The first-order valence-corrected chi connectivity index (χ1v) is 10.9. The molecular formula is C14H21N3O6S2. The number of rotatable bonds is 5. The fraction of sp³-hybridized carbons (Fsp3) is 0.500. The van der Waals surface area contributed by atoms with Crippen molar-refractivity contribution in [3.63, 3.8) is 0 Å². The summed E-state index contributed by atoms with van der Waals surface area (Å²) in [6.07, 6.45) is 2.23. The molecule has 25 heavy (non-hydrogen) atoms. The second kappa shape index (κ2) is 7.28. The lowest BCUT2D eigenvalue weighted by atomic mass is 10.0. The number of anilines is 1. The molecule has 0 aliphatic carbocycles. The maximum atomic E-state index is 12.0. The first-order valence-electron chi connectivity index (χ1n) is 7.48. The van der Waals surface area contributed by atoms with Crippen molar-refractivity contribution < 1.29 is 26.4 Å². The number of hydrogen-bond donors (Lipinski definition) is 2. The van der Waals surface area contributed by atoms with Crippen LogP contribution in [-0.2, 0) is 24.8 Å². The molecule has 0 spiro atoms. The summed E-state index contributed by atoms with van der Waals surface area (Å²) in [5.41, 5.74) is 0.626. The lowest BCUT2D eigenvalue weighted by Gasteiger charge is -2.34. The second-order valence-corrected chi connectivity index (χ2v) is 9.21. The number of benzene rings is 1. The second-order valence-electron chi connectivity index (χ2n) is 5.87. The Kier molecular flexibility index (Phi) is 5.72. The Morgan fingerprint density at radius 1 is 1.24 bits per heavy atom. The minimum absolute atomic E-state index is 0.101. The fourth-order valence-corrected chi connectivity index (χ4v) is 4.16. The lowest BCUT2D eigenvalue weighted by molar-refractivity contribution is 0.0601. The maximum absolute atomic E-state index is 12.0. The molecule has 1 aliphatic rings. The van der Waals surface area contributed by atoms with Crippen LogP contribution in [0.3, 0.4) is 0 Å². The highest BCUT2D eigenvalue weighted by Gasteiger charge is 2.26. The summed E-state index contributed by atoms with van der Waals surface area (Å²) in [5.74, 6) is -0.670. The van der Waals surface area contributed by atoms with Gasteiger partial charge in [0.25, 0.3) is 0 Å². The van der Waals surface area contributed by atoms with E-state index in [0.717, 1.165) is 6.26 Å². The van der Waals surface area contributed by atoms with Crippen molar-refractivity contribution in [2.24, 2.45) is 5.14 Å². The third-order valence-electron chi connectivity index (χ3n) is 3.92. The molecule has 2 rings (SSSR count). The van der Waals surface area contributed by atoms with Gasteiger partial charge in [-0.2, -0.15) is 0 Å². The quantitative estimate of drug-likeness (QED) is 0.654. The minimum atomic E-state index is -3.95. The van der Waals surface area contributed by atoms with E-state index in [0.29, 0.717) is 31.6 Å². The number of esters is 1. The predicted octanol–water partition coefficient (Wildman–Crippen LogP) is -0.361. The normalized spacial score (nSPS) is 16.7. The Hall–Kier alpha value is -1.69. The first kappa shape index (κ1) is 19.6. The van der Waals surface area contributed by atoms with Crippen LogP contribution >= 0.6 is 0 Å². The standard InChI is InChI=1S/C14H21N3O6S2/c1-23-14(18)12-9-11(25(15,21)22)3-4-13(12)17-7-5-10(6-8-17)16-24(2,19)20/h3-4,9-10,16H,5-8H2,1-2H3,(H2,15,21,22). The zero-order chi connectivity index (χ0) is 18.8. The molecule has 0 radical (unpaired) electrons. The van der Waals surface area contributed by atoms with E-state index in [-0.39, 0.29) is 16.5 Å². The predicted molar refractivity (Wildman–Crippen MR) is 92.4 cm³/mol. The number of carbonyl (C=O) groups excluding carboxylic acids is 1. The average Bonchev–Trinajstić information content (AvgIpc) is 2.52. The van der Waals surface area contributed by atoms with Crippen molar-refractivity contribution >= 4 is 31.7 Å². The van der Waals surface area contributed by atoms with Crippen molar-refractivity contribution in [1.29, 1.82) is 0 Å². The van der Waals surface area contributed by atoms with Gasteiger partial charge in [0.1, 0.15) is 0 Å². The van der Waals surface area contributed by atoms with E-state index in [9.17, 15) is 21.6 Å². The Balaban J connectivity index is 2.26. The Morgan fingerprint density at radius 3 is 2.32 bits per heavy atom. The molecule has 11 heteroatoms. The van der Waals surface area contributed by atoms with Crippen molar-refractivity contribution in [2.75, 3.05) is 31.4 Å². The molecule has 1 aliphatic heterocycles. The molecule has 3 N–H and O–H groups in total. The molecule has 0 saturated carbocycles. The van der Waals surface area contributed by atoms with E-state index >= 15 is 0 Å². The van der Waals surface area contributed by atoms with Gasteiger partial charge in [0, 0.05) is 19.1 Å². The van der Waals surface area contributed by atoms with E-state index in [1.54, 1.807) is 0 Å². The van der Waals surface area contributed by atoms with Gasteiger partial charge >= 0.3 is 5.97 Å². The summed E-state index contributed by atoms with van der Waals surface area (Å²) in [6.45, 7) is 1.01. The van der Waals surface area contributed by atoms with E-state index in [4.69, 9.17) is 9.88 Å². The number of primary sulfonamides is 1. The van der Waals surface area contributed by atoms with Crippen molar-refractivity contribution in [1.82, 2.24) is 4.72 Å². The van der Waals surface area contributed by atoms with Crippen LogP contribution in [-0.4, -0.2) is 55.3 Å². The molecule has 0 amide bonds. The summed E-state index contributed by atoms with van der Waals surface area (Å²) in [5, 5.41) is 5.11. The summed E-state index contributed by atoms with van der Waals surface area (Å²) < 4.78 is 52.9. The number of sulfonamides is 2. The number of piperidine rings is 1. The minimum Gasteiger partial charge on any atom is -0.465 e. The van der Waals surface area contributed by atoms with Gasteiger partial charge in [-0.3, -0.25) is 0 Å². The van der Waals surface area contributed by atoms with Crippen LogP contribution in [0, 0.1) is 0 Å². The maximum Gasteiger partial charge on any atom is 0.340 e. The number of nitrogens with two attached hydrogens (primary N) is 1. The van der Waals surface area contributed by atoms with Crippen LogP contribution in [0.2, 0.25) is 0 Å². The number of nitrogens with one attached hydrogen (secondary N) is 1. The molecule has 1 aromatic carbocycles. The van der Waals surface area contributed by atoms with Gasteiger partial charge in [-0.25, -0.2) is 31.5 Å². The van der Waals surface area contributed by atoms with Gasteiger partial charge < -0.3 is 9.64 Å². The third-order valence-corrected chi connectivity index (χ3v) is 5.59. The highest BCUT2D eigenvalue weighted by atomic mass is 32.2. The van der Waals surface area contributed by atoms with Crippen molar-refractivity contribution in [3.05, 3.63) is 23.8 Å². The monoisotopic (exact) mass is 391 g/mol. The Morgan fingerprint density at radius 2 is 1.84 bits per heavy atom. The zero-order valence-corrected chi connectivity index (χ0v) is 15.6. The molecule has 140 valence electrons. The van der Waals surface area contributed by atoms with Gasteiger partial charge in [-0.05, 0) is 31.0 Å². The Labute approximate surface area is 147 Å². The first-order chi connectivity index (χ1) is 11.5. The van der Waals surface area contributed by atoms with Crippen LogP contribution in [0.1, 0.15) is 23.2 Å². The highest BCUT2D eigenvalue weighted by molar-refractivity contribution is 7.89. The smallest absolute Gasteiger partial charge is 0.340 e. The fourth-order valence-electron chi connectivity index (χ4n) is 2.78. The van der Waals surface area contributed by atoms with Crippen molar-refractivity contribution in [3.8, 4) is 0 Å². The molecular weight excluding hydrogens is 370 g/mol. The molecule has 0 unspecified atom stereocenters. The van der Waals surface area contributed by atoms with Gasteiger partial charge in [0.2, 0.25) is 20.0 Å². The van der Waals surface area contributed by atoms with E-state index < -0.39 is 26.0 Å². The van der Waals surface area contributed by atoms with E-state index in [1.807, 2.05) is 4.90 Å². The summed E-state index contributed by atoms with van der Waals surface area (Å²) in [7, 11) is -6.02. The third kappa shape index (κ3) is 5.14. The SMILES string of the molecule is COC(=O)c1cc(S(N)(=O)=O)ccc1N1CCC(NS(C)(=O)=O)CC1. The van der Waals surface area contributed by atoms with Crippen LogP contribution in [0.5, 0.6) is 0 Å². The van der Waals surface area contributed by atoms with E-state index in [2.05, 4.69) is 4.72 Å². The molecule has 1 heterocycles. The molecule has 1 saturated heterocycles. The number of carbonyl (C=O) groups is 1. The summed E-state index contributed by atoms with van der Waals surface area (Å²) >= 11 is 0. The van der Waals surface area contributed by atoms with Crippen LogP contribution in [0.4, 0.5) is 5.69 Å². The largest absolute Gasteiger partial charge is 0.465 e. The topological polar surface area (TPSA) is 136 Å². The number of hydrogen-bond acceptors (Lipinski definition) is 7. The molecule has 0 atom stereocenters. The summed E-state index contributed by atoms with van der Waals surface area (Å²) in [4.78, 5) is 13.7. The van der Waals surface area contributed by atoms with Gasteiger partial charge in [-0.15, -0.1) is 0 Å². The number of ether oxygens (including phenoxy) is 1. The molecule has 1 aromatic rings. The van der Waals surface area contributed by atoms with Gasteiger partial charge in [0.05, 0.1) is 29.5 Å². The molecule has 1 fully saturated rings. The van der Waals surface area contributed by atoms with Gasteiger partial charge in [0.15, 0.2) is 0 Å². The van der Waals surface area contributed by atoms with Gasteiger partial charge in [-0.1, -0.05) is 0 Å². The number of methoxy groups -OCH3 is 1. The van der Waals surface area contributed by atoms with E-state index in [1.165, 1.54) is 25.3 Å². The van der Waals surface area contributed by atoms with Crippen molar-refractivity contribution in [2.45, 2.75) is 23.8 Å². The van der Waals surface area contributed by atoms with Crippen LogP contribution in [0.25, 0.3) is 0 Å². The molecule has 9 nitrogen and oxygen atoms in total. The van der Waals surface area contributed by atoms with Crippen LogP contribution in [0.15, 0.2) is 23.1 Å². The summed E-state index contributed by atoms with van der Waals surface area (Å²) in [6, 6.07) is 3.86. The zero-order valence-electron chi connectivity index (χ0n) is 13.9. The highest BCUT2D eigenvalue weighted by Crippen LogP contribution is 2.27. The Bertz CT molecular complexity index is 859.